The van der Waals surface area contributed by atoms with Crippen molar-refractivity contribution in [1.82, 2.24) is 14.8 Å². The zero-order valence-electron chi connectivity index (χ0n) is 12.8. The summed E-state index contributed by atoms with van der Waals surface area (Å²) in [5, 5.41) is 4.61. The number of carbonyl (C=O) groups is 1. The number of carbonyl (C=O) groups excluding carboxylic acids is 1. The molecule has 2 rings (SSSR count). The third-order valence-electron chi connectivity index (χ3n) is 3.21. The van der Waals surface area contributed by atoms with Crippen molar-refractivity contribution in [2.24, 2.45) is 7.05 Å². The predicted octanol–water partition coefficient (Wildman–Crippen LogP) is 1.62. The summed E-state index contributed by atoms with van der Waals surface area (Å²) in [7, 11) is 1.58. The van der Waals surface area contributed by atoms with Gasteiger partial charge < -0.3 is 4.74 Å². The lowest BCUT2D eigenvalue weighted by atomic mass is 10.1. The molecule has 114 valence electrons. The highest BCUT2D eigenvalue weighted by molar-refractivity contribution is 7.17. The number of esters is 1. The van der Waals surface area contributed by atoms with E-state index in [9.17, 15) is 9.59 Å². The van der Waals surface area contributed by atoms with Crippen LogP contribution in [0.3, 0.4) is 0 Å². The van der Waals surface area contributed by atoms with Crippen LogP contribution >= 0.6 is 11.3 Å². The highest BCUT2D eigenvalue weighted by Crippen LogP contribution is 2.29. The van der Waals surface area contributed by atoms with Gasteiger partial charge in [0.2, 0.25) is 0 Å². The van der Waals surface area contributed by atoms with Gasteiger partial charge >= 0.3 is 5.97 Å². The average molecular weight is 317 g/mol. The van der Waals surface area contributed by atoms with Crippen LogP contribution in [0.5, 0.6) is 0 Å². The van der Waals surface area contributed by atoms with Crippen molar-refractivity contribution in [2.75, 3.05) is 6.61 Å². The summed E-state index contributed by atoms with van der Waals surface area (Å²) in [6, 6.07) is 0. The van der Waals surface area contributed by atoms with E-state index in [4.69, 9.17) is 11.2 Å². The van der Waals surface area contributed by atoms with Gasteiger partial charge in [-0.3, -0.25) is 4.79 Å². The van der Waals surface area contributed by atoms with E-state index in [1.54, 1.807) is 14.0 Å². The fourth-order valence-electron chi connectivity index (χ4n) is 1.97. The second-order valence-electron chi connectivity index (χ2n) is 4.73. The fraction of sp³-hybridized carbons (Fsp3) is 0.333. The van der Waals surface area contributed by atoms with Crippen LogP contribution in [-0.2, 0) is 11.8 Å². The van der Waals surface area contributed by atoms with E-state index >= 15 is 0 Å². The number of thiazole rings is 1. The number of hydrogen-bond donors (Lipinski definition) is 0. The van der Waals surface area contributed by atoms with Gasteiger partial charge in [0, 0.05) is 7.05 Å². The number of rotatable bonds is 3. The van der Waals surface area contributed by atoms with Gasteiger partial charge in [0.25, 0.3) is 5.56 Å². The minimum atomic E-state index is -0.528. The van der Waals surface area contributed by atoms with Gasteiger partial charge in [-0.1, -0.05) is 5.92 Å². The molecule has 0 unspecified atom stereocenters. The molecule has 0 spiro atoms. The molecular formula is C15H15N3O3S. The van der Waals surface area contributed by atoms with Gasteiger partial charge in [0.15, 0.2) is 6.61 Å². The Bertz CT molecular complexity index is 843. The highest BCUT2D eigenvalue weighted by Gasteiger charge is 2.21. The second-order valence-corrected chi connectivity index (χ2v) is 5.73. The van der Waals surface area contributed by atoms with Crippen LogP contribution in [0.25, 0.3) is 10.6 Å². The summed E-state index contributed by atoms with van der Waals surface area (Å²) < 4.78 is 6.18. The molecule has 2 aromatic heterocycles. The lowest BCUT2D eigenvalue weighted by Crippen LogP contribution is -2.23. The molecule has 7 heteroatoms. The SMILES string of the molecule is C#CCOC(=O)c1sc(-c2c(C)c(C)nn(C)c2=O)nc1C. The van der Waals surface area contributed by atoms with Gasteiger partial charge in [-0.25, -0.2) is 14.5 Å². The average Bonchev–Trinajstić information content (AvgIpc) is 2.84. The summed E-state index contributed by atoms with van der Waals surface area (Å²) in [5.74, 6) is 1.71. The minimum absolute atomic E-state index is 0.0966. The fourth-order valence-corrected chi connectivity index (χ4v) is 3.02. The minimum Gasteiger partial charge on any atom is -0.448 e. The van der Waals surface area contributed by atoms with Crippen molar-refractivity contribution < 1.29 is 9.53 Å². The number of aromatic nitrogens is 3. The Hall–Kier alpha value is -2.46. The summed E-state index contributed by atoms with van der Waals surface area (Å²) in [6.45, 7) is 5.23. The molecule has 0 fully saturated rings. The topological polar surface area (TPSA) is 74.1 Å². The van der Waals surface area contributed by atoms with Crippen molar-refractivity contribution in [1.29, 1.82) is 0 Å². The molecule has 0 atom stereocenters. The third kappa shape index (κ3) is 2.78. The molecule has 6 nitrogen and oxygen atoms in total. The molecule has 0 aliphatic heterocycles. The van der Waals surface area contributed by atoms with Gasteiger partial charge in [0.05, 0.1) is 17.0 Å². The molecule has 0 bridgehead atoms. The van der Waals surface area contributed by atoms with Crippen molar-refractivity contribution in [3.8, 4) is 22.9 Å². The quantitative estimate of drug-likeness (QED) is 0.635. The van der Waals surface area contributed by atoms with E-state index in [0.29, 0.717) is 21.1 Å². The standard InChI is InChI=1S/C15H15N3O3S/c1-6-7-21-15(20)12-10(4)16-13(22-12)11-8(2)9(3)17-18(5)14(11)19/h1H,7H2,2-5H3. The maximum Gasteiger partial charge on any atom is 0.351 e. The monoisotopic (exact) mass is 317 g/mol. The Morgan fingerprint density at radius 3 is 2.68 bits per heavy atom. The molecular weight excluding hydrogens is 302 g/mol. The first-order valence-electron chi connectivity index (χ1n) is 6.49. The van der Waals surface area contributed by atoms with Gasteiger partial charge in [-0.2, -0.15) is 5.10 Å². The zero-order valence-corrected chi connectivity index (χ0v) is 13.6. The first-order chi connectivity index (χ1) is 10.4. The smallest absolute Gasteiger partial charge is 0.351 e. The molecule has 0 aliphatic carbocycles. The van der Waals surface area contributed by atoms with Crippen molar-refractivity contribution in [3.05, 3.63) is 32.2 Å². The summed E-state index contributed by atoms with van der Waals surface area (Å²) in [5.41, 5.74) is 2.21. The first-order valence-corrected chi connectivity index (χ1v) is 7.31. The van der Waals surface area contributed by atoms with Gasteiger partial charge in [-0.15, -0.1) is 17.8 Å². The van der Waals surface area contributed by atoms with Crippen LogP contribution < -0.4 is 5.56 Å². The Balaban J connectivity index is 2.55. The van der Waals surface area contributed by atoms with E-state index in [0.717, 1.165) is 22.6 Å². The number of nitrogens with zero attached hydrogens (tertiary/aromatic N) is 3. The molecule has 22 heavy (non-hydrogen) atoms. The molecule has 0 radical (unpaired) electrons. The molecule has 0 amide bonds. The van der Waals surface area contributed by atoms with E-state index < -0.39 is 5.97 Å². The van der Waals surface area contributed by atoms with Crippen LogP contribution in [0.15, 0.2) is 4.79 Å². The normalized spacial score (nSPS) is 10.3. The van der Waals surface area contributed by atoms with E-state index in [-0.39, 0.29) is 12.2 Å². The lowest BCUT2D eigenvalue weighted by molar-refractivity contribution is 0.0561. The van der Waals surface area contributed by atoms with E-state index in [2.05, 4.69) is 16.0 Å². The lowest BCUT2D eigenvalue weighted by Gasteiger charge is -2.07. The Kier molecular flexibility index (Phi) is 4.43. The largest absolute Gasteiger partial charge is 0.448 e. The molecule has 0 saturated heterocycles. The number of terminal acetylenes is 1. The maximum absolute atomic E-state index is 12.3. The van der Waals surface area contributed by atoms with Gasteiger partial charge in [0.1, 0.15) is 9.88 Å². The van der Waals surface area contributed by atoms with Crippen LogP contribution in [0.1, 0.15) is 26.6 Å². The molecule has 0 aromatic carbocycles. The Morgan fingerprint density at radius 1 is 1.36 bits per heavy atom. The molecule has 0 N–H and O–H groups in total. The van der Waals surface area contributed by atoms with Crippen LogP contribution in [-0.4, -0.2) is 27.3 Å². The summed E-state index contributed by atoms with van der Waals surface area (Å²) in [4.78, 5) is 28.9. The predicted molar refractivity (Wildman–Crippen MR) is 83.9 cm³/mol. The molecule has 0 aliphatic rings. The van der Waals surface area contributed by atoms with Crippen molar-refractivity contribution in [2.45, 2.75) is 20.8 Å². The molecule has 2 heterocycles. The van der Waals surface area contributed by atoms with E-state index in [1.165, 1.54) is 4.68 Å². The number of ether oxygens (including phenoxy) is 1. The Labute approximate surface area is 131 Å². The highest BCUT2D eigenvalue weighted by atomic mass is 32.1. The maximum atomic E-state index is 12.3. The van der Waals surface area contributed by atoms with Gasteiger partial charge in [-0.05, 0) is 26.3 Å². The number of aryl methyl sites for hydroxylation is 3. The van der Waals surface area contributed by atoms with Crippen LogP contribution in [0.4, 0.5) is 0 Å². The van der Waals surface area contributed by atoms with Crippen molar-refractivity contribution in [3.63, 3.8) is 0 Å². The van der Waals surface area contributed by atoms with Crippen LogP contribution in [0.2, 0.25) is 0 Å². The summed E-state index contributed by atoms with van der Waals surface area (Å²) in [6.07, 6.45) is 5.07. The van der Waals surface area contributed by atoms with Crippen LogP contribution in [0, 0.1) is 33.1 Å². The number of hydrogen-bond acceptors (Lipinski definition) is 6. The summed E-state index contributed by atoms with van der Waals surface area (Å²) >= 11 is 1.12. The first kappa shape index (κ1) is 15.9. The second kappa shape index (κ2) is 6.12. The molecule has 0 saturated carbocycles. The van der Waals surface area contributed by atoms with Crippen molar-refractivity contribution >= 4 is 17.3 Å². The zero-order chi connectivity index (χ0) is 16.4. The Morgan fingerprint density at radius 2 is 2.05 bits per heavy atom. The molecule has 2 aromatic rings. The van der Waals surface area contributed by atoms with E-state index in [1.807, 2.05) is 13.8 Å². The third-order valence-corrected chi connectivity index (χ3v) is 4.36.